The normalized spacial score (nSPS) is 11.1. The van der Waals surface area contributed by atoms with Crippen LogP contribution in [0.5, 0.6) is 5.75 Å². The lowest BCUT2D eigenvalue weighted by atomic mass is 10.3. The lowest BCUT2D eigenvalue weighted by Crippen LogP contribution is -2.38. The van der Waals surface area contributed by atoms with Gasteiger partial charge in [0.1, 0.15) is 18.1 Å². The van der Waals surface area contributed by atoms with Gasteiger partial charge in [-0.15, -0.1) is 16.8 Å². The van der Waals surface area contributed by atoms with E-state index in [1.165, 1.54) is 55.3 Å². The third-order valence-corrected chi connectivity index (χ3v) is 7.78. The Hall–Kier alpha value is -2.96. The van der Waals surface area contributed by atoms with Crippen molar-refractivity contribution in [3.05, 3.63) is 67.0 Å². The molecular formula is C20H19FN4O4S3. The Morgan fingerprint density at radius 2 is 1.91 bits per heavy atom. The molecule has 0 spiro atoms. The molecule has 0 saturated carbocycles. The van der Waals surface area contributed by atoms with Gasteiger partial charge in [0.15, 0.2) is 4.34 Å². The van der Waals surface area contributed by atoms with E-state index in [9.17, 15) is 17.6 Å². The number of sulfonamides is 1. The number of amides is 1. The van der Waals surface area contributed by atoms with E-state index >= 15 is 0 Å². The number of ether oxygens (including phenoxy) is 1. The van der Waals surface area contributed by atoms with Crippen molar-refractivity contribution in [2.75, 3.05) is 29.0 Å². The maximum absolute atomic E-state index is 13.4. The van der Waals surface area contributed by atoms with Gasteiger partial charge < -0.3 is 4.74 Å². The predicted molar refractivity (Wildman–Crippen MR) is 123 cm³/mol. The number of nitrogens with zero attached hydrogens (tertiary/aromatic N) is 3. The summed E-state index contributed by atoms with van der Waals surface area (Å²) >= 11 is 2.57. The van der Waals surface area contributed by atoms with Gasteiger partial charge in [0.05, 0.1) is 17.7 Å². The van der Waals surface area contributed by atoms with E-state index in [1.807, 2.05) is 0 Å². The zero-order valence-electron chi connectivity index (χ0n) is 16.9. The molecule has 32 heavy (non-hydrogen) atoms. The highest BCUT2D eigenvalue weighted by Crippen LogP contribution is 2.27. The van der Waals surface area contributed by atoms with Gasteiger partial charge in [0.25, 0.3) is 10.0 Å². The smallest absolute Gasteiger partial charge is 0.264 e. The second kappa shape index (κ2) is 10.6. The quantitative estimate of drug-likeness (QED) is 0.260. The summed E-state index contributed by atoms with van der Waals surface area (Å²) in [6.45, 7) is 3.08. The zero-order chi connectivity index (χ0) is 23.1. The molecule has 8 nitrogen and oxygen atoms in total. The topological polar surface area (TPSA) is 101 Å². The first-order valence-corrected chi connectivity index (χ1v) is 12.4. The van der Waals surface area contributed by atoms with Crippen molar-refractivity contribution in [2.24, 2.45) is 0 Å². The van der Waals surface area contributed by atoms with E-state index in [-0.39, 0.29) is 15.7 Å². The van der Waals surface area contributed by atoms with Crippen LogP contribution in [0.3, 0.4) is 0 Å². The van der Waals surface area contributed by atoms with Gasteiger partial charge in [-0.25, -0.2) is 12.8 Å². The summed E-state index contributed by atoms with van der Waals surface area (Å²) in [5.41, 5.74) is 0.136. The van der Waals surface area contributed by atoms with Crippen molar-refractivity contribution < 1.29 is 22.3 Å². The molecule has 3 aromatic rings. The fourth-order valence-electron chi connectivity index (χ4n) is 2.54. The molecule has 0 fully saturated rings. The molecule has 1 N–H and O–H groups in total. The van der Waals surface area contributed by atoms with Crippen LogP contribution in [0.25, 0.3) is 0 Å². The maximum Gasteiger partial charge on any atom is 0.264 e. The van der Waals surface area contributed by atoms with Gasteiger partial charge in [0.2, 0.25) is 11.0 Å². The van der Waals surface area contributed by atoms with Crippen molar-refractivity contribution in [3.63, 3.8) is 0 Å². The number of carbonyl (C=O) groups excluding carboxylic acids is 1. The predicted octanol–water partition coefficient (Wildman–Crippen LogP) is 3.80. The molecule has 3 rings (SSSR count). The van der Waals surface area contributed by atoms with Crippen LogP contribution >= 0.6 is 23.1 Å². The average molecular weight is 495 g/mol. The van der Waals surface area contributed by atoms with Crippen molar-refractivity contribution >= 4 is 49.8 Å². The molecule has 0 atom stereocenters. The summed E-state index contributed by atoms with van der Waals surface area (Å²) in [5, 5.41) is 10.6. The summed E-state index contributed by atoms with van der Waals surface area (Å²) < 4.78 is 46.6. The molecule has 1 amide bonds. The summed E-state index contributed by atoms with van der Waals surface area (Å²) in [7, 11) is -2.67. The van der Waals surface area contributed by atoms with E-state index in [0.29, 0.717) is 15.8 Å². The highest BCUT2D eigenvalue weighted by molar-refractivity contribution is 8.01. The van der Waals surface area contributed by atoms with Crippen LogP contribution in [0, 0.1) is 5.82 Å². The minimum atomic E-state index is -4.14. The Morgan fingerprint density at radius 1 is 1.22 bits per heavy atom. The molecule has 168 valence electrons. The third kappa shape index (κ3) is 5.84. The largest absolute Gasteiger partial charge is 0.497 e. The summed E-state index contributed by atoms with van der Waals surface area (Å²) in [6, 6.07) is 10.6. The first kappa shape index (κ1) is 23.7. The van der Waals surface area contributed by atoms with Crippen LogP contribution in [0.4, 0.5) is 15.2 Å². The average Bonchev–Trinajstić information content (AvgIpc) is 3.23. The minimum Gasteiger partial charge on any atom is -0.497 e. The van der Waals surface area contributed by atoms with Crippen molar-refractivity contribution in [3.8, 4) is 5.75 Å². The first-order chi connectivity index (χ1) is 15.3. The van der Waals surface area contributed by atoms with Crippen LogP contribution in [0.1, 0.15) is 0 Å². The van der Waals surface area contributed by atoms with Gasteiger partial charge in [-0.1, -0.05) is 29.2 Å². The molecule has 0 unspecified atom stereocenters. The molecule has 12 heteroatoms. The molecule has 1 aromatic heterocycles. The summed E-state index contributed by atoms with van der Waals surface area (Å²) in [4.78, 5) is 12.6. The lowest BCUT2D eigenvalue weighted by molar-refractivity contribution is -0.114. The molecular weight excluding hydrogens is 475 g/mol. The number of benzene rings is 2. The highest BCUT2D eigenvalue weighted by Gasteiger charge is 2.27. The molecule has 0 radical (unpaired) electrons. The number of rotatable bonds is 10. The standard InChI is InChI=1S/C20H19FN4O4S3/c1-3-12-30-20-24-23-19(31-20)22-18(26)13-25(15-6-4-14(21)5-7-15)32(27,28)17-10-8-16(29-2)9-11-17/h3-11H,1,12-13H2,2H3,(H,22,23,26). The van der Waals surface area contributed by atoms with Crippen LogP contribution in [0.15, 0.2) is 70.4 Å². The molecule has 0 bridgehead atoms. The van der Waals surface area contributed by atoms with E-state index in [1.54, 1.807) is 6.08 Å². The summed E-state index contributed by atoms with van der Waals surface area (Å²) in [5.74, 6) is -0.0289. The van der Waals surface area contributed by atoms with E-state index in [2.05, 4.69) is 22.1 Å². The van der Waals surface area contributed by atoms with Gasteiger partial charge in [-0.2, -0.15) is 0 Å². The molecule has 1 heterocycles. The van der Waals surface area contributed by atoms with Gasteiger partial charge in [0, 0.05) is 5.75 Å². The number of halogens is 1. The first-order valence-electron chi connectivity index (χ1n) is 9.13. The molecule has 0 aliphatic carbocycles. The Bertz CT molecular complexity index is 1180. The van der Waals surface area contributed by atoms with Crippen molar-refractivity contribution in [1.82, 2.24) is 10.2 Å². The maximum atomic E-state index is 13.4. The number of methoxy groups -OCH3 is 1. The Kier molecular flexibility index (Phi) is 7.83. The molecule has 0 saturated heterocycles. The number of aromatic nitrogens is 2. The zero-order valence-corrected chi connectivity index (χ0v) is 19.3. The minimum absolute atomic E-state index is 0.0468. The monoisotopic (exact) mass is 494 g/mol. The van der Waals surface area contributed by atoms with Crippen LogP contribution < -0.4 is 14.4 Å². The second-order valence-electron chi connectivity index (χ2n) is 6.18. The van der Waals surface area contributed by atoms with Crippen molar-refractivity contribution in [2.45, 2.75) is 9.24 Å². The fraction of sp³-hybridized carbons (Fsp3) is 0.150. The second-order valence-corrected chi connectivity index (χ2v) is 10.3. The van der Waals surface area contributed by atoms with Crippen LogP contribution in [-0.4, -0.2) is 43.9 Å². The Morgan fingerprint density at radius 3 is 2.53 bits per heavy atom. The number of anilines is 2. The number of nitrogens with one attached hydrogen (secondary N) is 1. The van der Waals surface area contributed by atoms with Crippen LogP contribution in [-0.2, 0) is 14.8 Å². The van der Waals surface area contributed by atoms with Crippen molar-refractivity contribution in [1.29, 1.82) is 0 Å². The molecule has 0 aliphatic heterocycles. The molecule has 2 aromatic carbocycles. The fourth-order valence-corrected chi connectivity index (χ4v) is 5.49. The van der Waals surface area contributed by atoms with E-state index in [4.69, 9.17) is 4.74 Å². The molecule has 0 aliphatic rings. The van der Waals surface area contributed by atoms with Gasteiger partial charge in [-0.3, -0.25) is 14.4 Å². The number of carbonyl (C=O) groups is 1. The highest BCUT2D eigenvalue weighted by atomic mass is 32.2. The SMILES string of the molecule is C=CCSc1nnc(NC(=O)CN(c2ccc(F)cc2)S(=O)(=O)c2ccc(OC)cc2)s1. The van der Waals surface area contributed by atoms with Gasteiger partial charge in [-0.05, 0) is 48.5 Å². The van der Waals surface area contributed by atoms with E-state index < -0.39 is 28.3 Å². The Labute approximate surface area is 193 Å². The number of hydrogen-bond acceptors (Lipinski definition) is 8. The van der Waals surface area contributed by atoms with Gasteiger partial charge >= 0.3 is 0 Å². The Balaban J connectivity index is 1.85. The van der Waals surface area contributed by atoms with Crippen LogP contribution in [0.2, 0.25) is 0 Å². The summed E-state index contributed by atoms with van der Waals surface area (Å²) in [6.07, 6.45) is 1.72. The lowest BCUT2D eigenvalue weighted by Gasteiger charge is -2.24. The van der Waals surface area contributed by atoms with E-state index in [0.717, 1.165) is 27.8 Å². The number of hydrogen-bond donors (Lipinski definition) is 1. The third-order valence-electron chi connectivity index (χ3n) is 4.03. The number of thioether (sulfide) groups is 1.